The largest absolute Gasteiger partial charge is 0.492 e. The second-order valence-corrected chi connectivity index (χ2v) is 5.93. The van der Waals surface area contributed by atoms with E-state index in [0.717, 1.165) is 18.8 Å². The summed E-state index contributed by atoms with van der Waals surface area (Å²) in [5.41, 5.74) is 2.47. The van der Waals surface area contributed by atoms with Crippen molar-refractivity contribution < 1.29 is 9.53 Å². The van der Waals surface area contributed by atoms with Crippen molar-refractivity contribution >= 4 is 11.6 Å². The highest BCUT2D eigenvalue weighted by atomic mass is 16.5. The molecular formula is C19H23N3O2. The van der Waals surface area contributed by atoms with Gasteiger partial charge in [0.2, 0.25) is 0 Å². The number of nitrogens with one attached hydrogen (secondary N) is 2. The lowest BCUT2D eigenvalue weighted by atomic mass is 9.92. The van der Waals surface area contributed by atoms with E-state index >= 15 is 0 Å². The number of aromatic nitrogens is 1. The average Bonchev–Trinajstić information content (AvgIpc) is 2.64. The summed E-state index contributed by atoms with van der Waals surface area (Å²) in [4.78, 5) is 16.4. The van der Waals surface area contributed by atoms with E-state index < -0.39 is 0 Å². The van der Waals surface area contributed by atoms with Gasteiger partial charge in [-0.15, -0.1) is 0 Å². The SMILES string of the molecule is CCOc1ccc(C(=O)Nc2ccc([C@@H]3CCCNC3)cc2)nc1. The highest BCUT2D eigenvalue weighted by Crippen LogP contribution is 2.24. The van der Waals surface area contributed by atoms with Gasteiger partial charge in [0, 0.05) is 12.2 Å². The minimum absolute atomic E-state index is 0.217. The molecule has 5 nitrogen and oxygen atoms in total. The van der Waals surface area contributed by atoms with Gasteiger partial charge < -0.3 is 15.4 Å². The van der Waals surface area contributed by atoms with Crippen molar-refractivity contribution in [2.45, 2.75) is 25.7 Å². The second kappa shape index (κ2) is 7.93. The number of benzene rings is 1. The van der Waals surface area contributed by atoms with Crippen LogP contribution in [-0.2, 0) is 0 Å². The molecule has 1 atom stereocenters. The molecule has 1 aliphatic rings. The minimum Gasteiger partial charge on any atom is -0.492 e. The van der Waals surface area contributed by atoms with Gasteiger partial charge in [-0.2, -0.15) is 0 Å². The highest BCUT2D eigenvalue weighted by molar-refractivity contribution is 6.02. The number of rotatable bonds is 5. The maximum absolute atomic E-state index is 12.2. The molecule has 0 radical (unpaired) electrons. The molecule has 24 heavy (non-hydrogen) atoms. The van der Waals surface area contributed by atoms with Gasteiger partial charge in [-0.05, 0) is 62.1 Å². The highest BCUT2D eigenvalue weighted by Gasteiger charge is 2.15. The first kappa shape index (κ1) is 16.5. The number of ether oxygens (including phenoxy) is 1. The summed E-state index contributed by atoms with van der Waals surface area (Å²) < 4.78 is 5.33. The van der Waals surface area contributed by atoms with Crippen molar-refractivity contribution in [1.82, 2.24) is 10.3 Å². The van der Waals surface area contributed by atoms with Crippen molar-refractivity contribution in [3.8, 4) is 5.75 Å². The zero-order valence-corrected chi connectivity index (χ0v) is 13.9. The first-order valence-electron chi connectivity index (χ1n) is 8.47. The maximum Gasteiger partial charge on any atom is 0.274 e. The minimum atomic E-state index is -0.217. The molecule has 1 amide bonds. The first-order valence-corrected chi connectivity index (χ1v) is 8.47. The fourth-order valence-corrected chi connectivity index (χ4v) is 2.94. The van der Waals surface area contributed by atoms with Crippen LogP contribution in [0.25, 0.3) is 0 Å². The zero-order chi connectivity index (χ0) is 16.8. The molecule has 3 rings (SSSR count). The van der Waals surface area contributed by atoms with E-state index in [0.29, 0.717) is 24.0 Å². The van der Waals surface area contributed by atoms with Crippen molar-refractivity contribution in [3.05, 3.63) is 53.9 Å². The first-order chi connectivity index (χ1) is 11.8. The van der Waals surface area contributed by atoms with Gasteiger partial charge in [-0.3, -0.25) is 4.79 Å². The van der Waals surface area contributed by atoms with E-state index in [-0.39, 0.29) is 5.91 Å². The standard InChI is InChI=1S/C19H23N3O2/c1-2-24-17-9-10-18(21-13-17)19(23)22-16-7-5-14(6-8-16)15-4-3-11-20-12-15/h5-10,13,15,20H,2-4,11-12H2,1H3,(H,22,23)/t15-/m1/s1. The van der Waals surface area contributed by atoms with Gasteiger partial charge in [0.1, 0.15) is 11.4 Å². The lowest BCUT2D eigenvalue weighted by Gasteiger charge is -2.23. The number of carbonyl (C=O) groups excluding carboxylic acids is 1. The number of anilines is 1. The van der Waals surface area contributed by atoms with E-state index in [1.165, 1.54) is 18.4 Å². The number of amides is 1. The Kier molecular flexibility index (Phi) is 5.43. The van der Waals surface area contributed by atoms with E-state index in [1.807, 2.05) is 19.1 Å². The Morgan fingerprint density at radius 2 is 2.12 bits per heavy atom. The Labute approximate surface area is 142 Å². The Balaban J connectivity index is 1.61. The molecule has 126 valence electrons. The fraction of sp³-hybridized carbons (Fsp3) is 0.368. The van der Waals surface area contributed by atoms with E-state index in [2.05, 4.69) is 27.8 Å². The van der Waals surface area contributed by atoms with Gasteiger partial charge in [0.05, 0.1) is 12.8 Å². The zero-order valence-electron chi connectivity index (χ0n) is 13.9. The average molecular weight is 325 g/mol. The number of hydrogen-bond donors (Lipinski definition) is 2. The van der Waals surface area contributed by atoms with Crippen LogP contribution in [0.3, 0.4) is 0 Å². The van der Waals surface area contributed by atoms with Crippen LogP contribution in [-0.4, -0.2) is 30.6 Å². The molecule has 5 heteroatoms. The van der Waals surface area contributed by atoms with Crippen molar-refractivity contribution in [2.24, 2.45) is 0 Å². The van der Waals surface area contributed by atoms with Crippen LogP contribution in [0.1, 0.15) is 41.7 Å². The molecular weight excluding hydrogens is 302 g/mol. The monoisotopic (exact) mass is 325 g/mol. The third-order valence-electron chi connectivity index (χ3n) is 4.22. The number of pyridine rings is 1. The Bertz CT molecular complexity index is 662. The van der Waals surface area contributed by atoms with E-state index in [9.17, 15) is 4.79 Å². The molecule has 0 aliphatic carbocycles. The van der Waals surface area contributed by atoms with Crippen LogP contribution in [0, 0.1) is 0 Å². The number of hydrogen-bond acceptors (Lipinski definition) is 4. The summed E-state index contributed by atoms with van der Waals surface area (Å²) >= 11 is 0. The lowest BCUT2D eigenvalue weighted by molar-refractivity contribution is 0.102. The predicted octanol–water partition coefficient (Wildman–Crippen LogP) is 3.20. The third kappa shape index (κ3) is 4.11. The lowest BCUT2D eigenvalue weighted by Crippen LogP contribution is -2.28. The third-order valence-corrected chi connectivity index (χ3v) is 4.22. The van der Waals surface area contributed by atoms with Crippen molar-refractivity contribution in [2.75, 3.05) is 25.0 Å². The van der Waals surface area contributed by atoms with Gasteiger partial charge >= 0.3 is 0 Å². The smallest absolute Gasteiger partial charge is 0.274 e. The van der Waals surface area contributed by atoms with Gasteiger partial charge in [0.15, 0.2) is 0 Å². The summed E-state index contributed by atoms with van der Waals surface area (Å²) in [5.74, 6) is 1.01. The fourth-order valence-electron chi connectivity index (χ4n) is 2.94. The molecule has 0 saturated carbocycles. The topological polar surface area (TPSA) is 63.2 Å². The number of piperidine rings is 1. The Morgan fingerprint density at radius 3 is 2.75 bits per heavy atom. The summed E-state index contributed by atoms with van der Waals surface area (Å²) in [6, 6.07) is 11.5. The second-order valence-electron chi connectivity index (χ2n) is 5.93. The number of carbonyl (C=O) groups is 1. The molecule has 1 aromatic carbocycles. The normalized spacial score (nSPS) is 17.3. The number of nitrogens with zero attached hydrogens (tertiary/aromatic N) is 1. The van der Waals surface area contributed by atoms with Crippen LogP contribution in [0.2, 0.25) is 0 Å². The van der Waals surface area contributed by atoms with Crippen LogP contribution < -0.4 is 15.4 Å². The Hall–Kier alpha value is -2.40. The van der Waals surface area contributed by atoms with Gasteiger partial charge in [-0.1, -0.05) is 12.1 Å². The van der Waals surface area contributed by atoms with Gasteiger partial charge in [-0.25, -0.2) is 4.98 Å². The molecule has 1 aliphatic heterocycles. The molecule has 2 aromatic rings. The van der Waals surface area contributed by atoms with Crippen LogP contribution in [0.4, 0.5) is 5.69 Å². The molecule has 0 bridgehead atoms. The van der Waals surface area contributed by atoms with Crippen LogP contribution in [0.15, 0.2) is 42.6 Å². The summed E-state index contributed by atoms with van der Waals surface area (Å²) in [7, 11) is 0. The van der Waals surface area contributed by atoms with Crippen molar-refractivity contribution in [1.29, 1.82) is 0 Å². The maximum atomic E-state index is 12.2. The Morgan fingerprint density at radius 1 is 1.29 bits per heavy atom. The van der Waals surface area contributed by atoms with E-state index in [1.54, 1.807) is 18.3 Å². The van der Waals surface area contributed by atoms with E-state index in [4.69, 9.17) is 4.74 Å². The van der Waals surface area contributed by atoms with Gasteiger partial charge in [0.25, 0.3) is 5.91 Å². The molecule has 2 N–H and O–H groups in total. The van der Waals surface area contributed by atoms with Crippen LogP contribution >= 0.6 is 0 Å². The summed E-state index contributed by atoms with van der Waals surface area (Å²) in [6.45, 7) is 4.63. The molecule has 2 heterocycles. The summed E-state index contributed by atoms with van der Waals surface area (Å²) in [5, 5.41) is 6.31. The molecule has 0 unspecified atom stereocenters. The quantitative estimate of drug-likeness (QED) is 0.886. The molecule has 0 spiro atoms. The molecule has 1 fully saturated rings. The molecule has 1 saturated heterocycles. The van der Waals surface area contributed by atoms with Crippen molar-refractivity contribution in [3.63, 3.8) is 0 Å². The predicted molar refractivity (Wildman–Crippen MR) is 94.6 cm³/mol. The van der Waals surface area contributed by atoms with Crippen LogP contribution in [0.5, 0.6) is 5.75 Å². The summed E-state index contributed by atoms with van der Waals surface area (Å²) in [6.07, 6.45) is 4.00. The molecule has 1 aromatic heterocycles.